The summed E-state index contributed by atoms with van der Waals surface area (Å²) in [6, 6.07) is 0.0713. The smallest absolute Gasteiger partial charge is 0.220 e. The third kappa shape index (κ3) is 11.9. The van der Waals surface area contributed by atoms with Crippen molar-refractivity contribution in [3.8, 4) is 0 Å². The largest absolute Gasteiger partial charge is 0.393 e. The summed E-state index contributed by atoms with van der Waals surface area (Å²) in [5.74, 6) is 0.122. The fourth-order valence-corrected chi connectivity index (χ4v) is 2.16. The van der Waals surface area contributed by atoms with Crippen molar-refractivity contribution >= 4 is 5.91 Å². The molecule has 0 radical (unpaired) electrons. The Hall–Kier alpha value is -0.570. The molecular formula is C15H31NO2. The summed E-state index contributed by atoms with van der Waals surface area (Å²) in [6.07, 6.45) is 9.53. The molecule has 0 aromatic carbocycles. The number of rotatable bonds is 11. The zero-order valence-corrected chi connectivity index (χ0v) is 12.4. The van der Waals surface area contributed by atoms with Gasteiger partial charge in [-0.2, -0.15) is 0 Å². The van der Waals surface area contributed by atoms with Crippen molar-refractivity contribution in [2.75, 3.05) is 0 Å². The van der Waals surface area contributed by atoms with Crippen LogP contribution >= 0.6 is 0 Å². The molecule has 0 rings (SSSR count). The summed E-state index contributed by atoms with van der Waals surface area (Å²) in [5.41, 5.74) is 0. The van der Waals surface area contributed by atoms with E-state index in [9.17, 15) is 9.90 Å². The molecule has 3 heteroatoms. The molecule has 0 spiro atoms. The van der Waals surface area contributed by atoms with E-state index in [1.165, 1.54) is 32.1 Å². The molecule has 0 saturated heterocycles. The average molecular weight is 257 g/mol. The third-order valence-electron chi connectivity index (χ3n) is 3.11. The van der Waals surface area contributed by atoms with Gasteiger partial charge in [0.2, 0.25) is 5.91 Å². The number of unbranched alkanes of at least 4 members (excludes halogenated alkanes) is 6. The van der Waals surface area contributed by atoms with Gasteiger partial charge in [0.1, 0.15) is 0 Å². The standard InChI is InChI=1S/C15H31NO2/c1-4-5-6-7-8-9-10-11-15(18)16-13(2)12-14(3)17/h13-14,17H,4-12H2,1-3H3,(H,16,18). The van der Waals surface area contributed by atoms with Gasteiger partial charge in [-0.25, -0.2) is 0 Å². The molecule has 1 amide bonds. The van der Waals surface area contributed by atoms with Crippen molar-refractivity contribution < 1.29 is 9.90 Å². The number of nitrogens with one attached hydrogen (secondary N) is 1. The van der Waals surface area contributed by atoms with Crippen LogP contribution in [0.3, 0.4) is 0 Å². The molecular weight excluding hydrogens is 226 g/mol. The van der Waals surface area contributed by atoms with Gasteiger partial charge < -0.3 is 10.4 Å². The predicted octanol–water partition coefficient (Wildman–Crippen LogP) is 3.40. The van der Waals surface area contributed by atoms with Crippen LogP contribution in [0.2, 0.25) is 0 Å². The third-order valence-corrected chi connectivity index (χ3v) is 3.11. The Morgan fingerprint density at radius 3 is 2.17 bits per heavy atom. The summed E-state index contributed by atoms with van der Waals surface area (Å²) in [4.78, 5) is 11.6. The lowest BCUT2D eigenvalue weighted by Crippen LogP contribution is -2.34. The lowest BCUT2D eigenvalue weighted by molar-refractivity contribution is -0.121. The Morgan fingerprint density at radius 2 is 1.61 bits per heavy atom. The van der Waals surface area contributed by atoms with Gasteiger partial charge in [0.15, 0.2) is 0 Å². The molecule has 0 bridgehead atoms. The van der Waals surface area contributed by atoms with E-state index in [4.69, 9.17) is 0 Å². The first-order valence-corrected chi connectivity index (χ1v) is 7.53. The lowest BCUT2D eigenvalue weighted by Gasteiger charge is -2.15. The Kier molecular flexibility index (Phi) is 11.2. The van der Waals surface area contributed by atoms with E-state index < -0.39 is 0 Å². The van der Waals surface area contributed by atoms with E-state index >= 15 is 0 Å². The van der Waals surface area contributed by atoms with Gasteiger partial charge in [-0.15, -0.1) is 0 Å². The van der Waals surface area contributed by atoms with Crippen molar-refractivity contribution in [3.63, 3.8) is 0 Å². The van der Waals surface area contributed by atoms with E-state index in [1.54, 1.807) is 6.92 Å². The van der Waals surface area contributed by atoms with Crippen LogP contribution in [0.15, 0.2) is 0 Å². The van der Waals surface area contributed by atoms with E-state index in [0.717, 1.165) is 12.8 Å². The molecule has 2 atom stereocenters. The molecule has 0 aromatic heterocycles. The molecule has 3 nitrogen and oxygen atoms in total. The van der Waals surface area contributed by atoms with Crippen LogP contribution in [0.25, 0.3) is 0 Å². The van der Waals surface area contributed by atoms with Crippen LogP contribution in [0.1, 0.15) is 78.6 Å². The topological polar surface area (TPSA) is 49.3 Å². The summed E-state index contributed by atoms with van der Waals surface area (Å²) < 4.78 is 0. The van der Waals surface area contributed by atoms with Crippen LogP contribution in [0.4, 0.5) is 0 Å². The summed E-state index contributed by atoms with van der Waals surface area (Å²) in [6.45, 7) is 5.91. The monoisotopic (exact) mass is 257 g/mol. The summed E-state index contributed by atoms with van der Waals surface area (Å²) in [7, 11) is 0. The quantitative estimate of drug-likeness (QED) is 0.557. The maximum Gasteiger partial charge on any atom is 0.220 e. The van der Waals surface area contributed by atoms with Crippen molar-refractivity contribution in [2.45, 2.75) is 90.7 Å². The first-order chi connectivity index (χ1) is 8.56. The Morgan fingerprint density at radius 1 is 1.06 bits per heavy atom. The number of hydrogen-bond donors (Lipinski definition) is 2. The maximum atomic E-state index is 11.6. The van der Waals surface area contributed by atoms with E-state index in [2.05, 4.69) is 12.2 Å². The second-order valence-corrected chi connectivity index (χ2v) is 5.42. The summed E-state index contributed by atoms with van der Waals surface area (Å²) >= 11 is 0. The lowest BCUT2D eigenvalue weighted by atomic mass is 10.1. The van der Waals surface area contributed by atoms with Crippen LogP contribution in [0.5, 0.6) is 0 Å². The van der Waals surface area contributed by atoms with Crippen LogP contribution < -0.4 is 5.32 Å². The Balaban J connectivity index is 3.36. The molecule has 0 fully saturated rings. The first-order valence-electron chi connectivity index (χ1n) is 7.53. The number of amides is 1. The van der Waals surface area contributed by atoms with Crippen LogP contribution in [-0.2, 0) is 4.79 Å². The van der Waals surface area contributed by atoms with Gasteiger partial charge in [0.05, 0.1) is 6.10 Å². The highest BCUT2D eigenvalue weighted by atomic mass is 16.3. The van der Waals surface area contributed by atoms with E-state index in [-0.39, 0.29) is 18.1 Å². The van der Waals surface area contributed by atoms with Crippen molar-refractivity contribution in [2.24, 2.45) is 0 Å². The van der Waals surface area contributed by atoms with Crippen LogP contribution in [-0.4, -0.2) is 23.2 Å². The van der Waals surface area contributed by atoms with Gasteiger partial charge in [-0.3, -0.25) is 4.79 Å². The maximum absolute atomic E-state index is 11.6. The molecule has 108 valence electrons. The zero-order chi connectivity index (χ0) is 13.8. The fraction of sp³-hybridized carbons (Fsp3) is 0.933. The molecule has 2 N–H and O–H groups in total. The second kappa shape index (κ2) is 11.5. The van der Waals surface area contributed by atoms with Gasteiger partial charge in [0, 0.05) is 12.5 Å². The van der Waals surface area contributed by atoms with Gasteiger partial charge in [0.25, 0.3) is 0 Å². The first kappa shape index (κ1) is 17.4. The highest BCUT2D eigenvalue weighted by molar-refractivity contribution is 5.76. The molecule has 18 heavy (non-hydrogen) atoms. The average Bonchev–Trinajstić information content (AvgIpc) is 2.26. The minimum Gasteiger partial charge on any atom is -0.393 e. The molecule has 0 aromatic rings. The minimum absolute atomic E-state index is 0.0713. The fourth-order valence-electron chi connectivity index (χ4n) is 2.16. The molecule has 0 aliphatic carbocycles. The molecule has 0 saturated carbocycles. The zero-order valence-electron chi connectivity index (χ0n) is 12.4. The number of carbonyl (C=O) groups excluding carboxylic acids is 1. The predicted molar refractivity (Wildman–Crippen MR) is 76.5 cm³/mol. The van der Waals surface area contributed by atoms with E-state index in [0.29, 0.717) is 12.8 Å². The Bertz CT molecular complexity index is 205. The van der Waals surface area contributed by atoms with Crippen molar-refractivity contribution in [1.29, 1.82) is 0 Å². The normalized spacial score (nSPS) is 14.2. The van der Waals surface area contributed by atoms with Gasteiger partial charge in [-0.05, 0) is 26.7 Å². The molecule has 2 unspecified atom stereocenters. The van der Waals surface area contributed by atoms with E-state index in [1.807, 2.05) is 6.92 Å². The SMILES string of the molecule is CCCCCCCCCC(=O)NC(C)CC(C)O. The number of hydrogen-bond acceptors (Lipinski definition) is 2. The highest BCUT2D eigenvalue weighted by Crippen LogP contribution is 2.08. The van der Waals surface area contributed by atoms with Crippen molar-refractivity contribution in [1.82, 2.24) is 5.32 Å². The molecule has 0 aliphatic heterocycles. The number of carbonyl (C=O) groups is 1. The van der Waals surface area contributed by atoms with Crippen molar-refractivity contribution in [3.05, 3.63) is 0 Å². The minimum atomic E-state index is -0.348. The molecule has 0 heterocycles. The molecule has 0 aliphatic rings. The number of aliphatic hydroxyl groups is 1. The van der Waals surface area contributed by atoms with Gasteiger partial charge in [-0.1, -0.05) is 45.4 Å². The van der Waals surface area contributed by atoms with Gasteiger partial charge >= 0.3 is 0 Å². The second-order valence-electron chi connectivity index (χ2n) is 5.42. The number of aliphatic hydroxyl groups excluding tert-OH is 1. The highest BCUT2D eigenvalue weighted by Gasteiger charge is 2.09. The Labute approximate surface area is 112 Å². The summed E-state index contributed by atoms with van der Waals surface area (Å²) in [5, 5.41) is 12.1. The van der Waals surface area contributed by atoms with Crippen LogP contribution in [0, 0.1) is 0 Å².